The molecule has 3 N–H and O–H groups in total. The van der Waals surface area contributed by atoms with E-state index in [1.807, 2.05) is 72.8 Å². The monoisotopic (exact) mass is 729 g/mol. The second kappa shape index (κ2) is 15.7. The van der Waals surface area contributed by atoms with Crippen molar-refractivity contribution in [1.82, 2.24) is 16.2 Å². The van der Waals surface area contributed by atoms with Crippen molar-refractivity contribution in [2.75, 3.05) is 6.61 Å². The molecule has 0 spiro atoms. The smallest absolute Gasteiger partial charge is 0.447 e. The molecule has 4 aromatic rings. The molecule has 1 aliphatic rings. The summed E-state index contributed by atoms with van der Waals surface area (Å²) in [5.74, 6) is -0.649. The van der Waals surface area contributed by atoms with Gasteiger partial charge in [0, 0.05) is 22.4 Å². The van der Waals surface area contributed by atoms with Gasteiger partial charge < -0.3 is 24.3 Å². The fourth-order valence-electron chi connectivity index (χ4n) is 5.30. The molecule has 0 aromatic heterocycles. The Bertz CT molecular complexity index is 1780. The molecule has 0 saturated carbocycles. The summed E-state index contributed by atoms with van der Waals surface area (Å²) in [6.45, 7) is 5.17. The number of fused-ring (bicyclic) bond motifs is 3. The van der Waals surface area contributed by atoms with Crippen LogP contribution in [0.5, 0.6) is 5.75 Å². The van der Waals surface area contributed by atoms with Crippen LogP contribution in [0.4, 0.5) is 14.4 Å². The Morgan fingerprint density at radius 3 is 2.00 bits per heavy atom. The van der Waals surface area contributed by atoms with Crippen LogP contribution < -0.4 is 20.9 Å². The molecule has 0 bridgehead atoms. The normalized spacial score (nSPS) is 12.5. The first kappa shape index (κ1) is 35.0. The standard InChI is InChI=1S/C37H36BrN3O8/c1-37(2,3)49-34(43)39-32(20-23-16-18-25(19-17-23)48-36(45)47-21-24-10-4-9-15-31(24)38)33(42)40-41-35(44)46-22-30-28-13-7-5-11-26(28)27-12-6-8-14-29(27)30/h4-19,30,32H,20-22H2,1-3H3,(H,39,43)(H,40,42)(H,41,44). The summed E-state index contributed by atoms with van der Waals surface area (Å²) in [6.07, 6.45) is -2.54. The molecule has 3 amide bonds. The average molecular weight is 731 g/mol. The molecular weight excluding hydrogens is 694 g/mol. The van der Waals surface area contributed by atoms with Gasteiger partial charge in [-0.25, -0.2) is 19.8 Å². The summed E-state index contributed by atoms with van der Waals surface area (Å²) >= 11 is 3.40. The van der Waals surface area contributed by atoms with Gasteiger partial charge in [0.05, 0.1) is 0 Å². The van der Waals surface area contributed by atoms with E-state index in [9.17, 15) is 19.2 Å². The number of rotatable bonds is 9. The van der Waals surface area contributed by atoms with Gasteiger partial charge in [0.25, 0.3) is 5.91 Å². The minimum Gasteiger partial charge on any atom is -0.447 e. The predicted molar refractivity (Wildman–Crippen MR) is 185 cm³/mol. The Morgan fingerprint density at radius 2 is 1.37 bits per heavy atom. The summed E-state index contributed by atoms with van der Waals surface area (Å²) in [6, 6.07) is 28.4. The van der Waals surface area contributed by atoms with Gasteiger partial charge >= 0.3 is 18.3 Å². The van der Waals surface area contributed by atoms with Gasteiger partial charge in [-0.05, 0) is 66.8 Å². The van der Waals surface area contributed by atoms with E-state index in [2.05, 4.69) is 32.1 Å². The first-order valence-electron chi connectivity index (χ1n) is 15.5. The third kappa shape index (κ3) is 9.60. The number of nitrogens with one attached hydrogen (secondary N) is 3. The lowest BCUT2D eigenvalue weighted by Gasteiger charge is -2.23. The number of carbonyl (C=O) groups is 4. The number of benzene rings is 4. The Balaban J connectivity index is 1.16. The number of halogens is 1. The van der Waals surface area contributed by atoms with Crippen molar-refractivity contribution in [3.8, 4) is 16.9 Å². The molecule has 49 heavy (non-hydrogen) atoms. The highest BCUT2D eigenvalue weighted by Gasteiger charge is 2.30. The molecule has 0 aliphatic heterocycles. The molecule has 1 unspecified atom stereocenters. The molecule has 11 nitrogen and oxygen atoms in total. The maximum atomic E-state index is 13.2. The van der Waals surface area contributed by atoms with Gasteiger partial charge in [-0.2, -0.15) is 0 Å². The van der Waals surface area contributed by atoms with E-state index in [0.717, 1.165) is 32.3 Å². The lowest BCUT2D eigenvalue weighted by atomic mass is 9.98. The average Bonchev–Trinajstić information content (AvgIpc) is 3.39. The Hall–Kier alpha value is -5.36. The molecule has 0 radical (unpaired) electrons. The highest BCUT2D eigenvalue weighted by molar-refractivity contribution is 9.10. The topological polar surface area (TPSA) is 141 Å². The molecule has 254 valence electrons. The number of hydrogen-bond donors (Lipinski definition) is 3. The number of hydrazine groups is 1. The Morgan fingerprint density at radius 1 is 0.755 bits per heavy atom. The van der Waals surface area contributed by atoms with Crippen LogP contribution in [0.1, 0.15) is 48.9 Å². The molecule has 0 fully saturated rings. The van der Waals surface area contributed by atoms with Gasteiger partial charge in [-0.3, -0.25) is 10.2 Å². The van der Waals surface area contributed by atoms with E-state index < -0.39 is 35.9 Å². The third-order valence-corrected chi connectivity index (χ3v) is 8.28. The van der Waals surface area contributed by atoms with Gasteiger partial charge in [-0.1, -0.05) is 94.8 Å². The summed E-state index contributed by atoms with van der Waals surface area (Å²) in [5.41, 5.74) is 9.48. The number of carbonyl (C=O) groups excluding carboxylic acids is 4. The van der Waals surface area contributed by atoms with Crippen molar-refractivity contribution in [2.24, 2.45) is 0 Å². The van der Waals surface area contributed by atoms with E-state index in [4.69, 9.17) is 18.9 Å². The van der Waals surface area contributed by atoms with Gasteiger partial charge in [0.1, 0.15) is 30.6 Å². The quantitative estimate of drug-likeness (QED) is 0.0713. The first-order chi connectivity index (χ1) is 23.5. The lowest BCUT2D eigenvalue weighted by molar-refractivity contribution is -0.124. The maximum absolute atomic E-state index is 13.2. The minimum absolute atomic E-state index is 0.0181. The first-order valence-corrected chi connectivity index (χ1v) is 16.3. The van der Waals surface area contributed by atoms with Crippen molar-refractivity contribution in [2.45, 2.75) is 51.4 Å². The van der Waals surface area contributed by atoms with E-state index in [1.165, 1.54) is 12.1 Å². The fraction of sp³-hybridized carbons (Fsp3) is 0.243. The molecular formula is C37H36BrN3O8. The van der Waals surface area contributed by atoms with Crippen molar-refractivity contribution < 1.29 is 38.1 Å². The van der Waals surface area contributed by atoms with Crippen LogP contribution in [0.25, 0.3) is 11.1 Å². The number of ether oxygens (including phenoxy) is 4. The van der Waals surface area contributed by atoms with Crippen LogP contribution in [0.3, 0.4) is 0 Å². The second-order valence-electron chi connectivity index (χ2n) is 12.2. The number of hydrogen-bond acceptors (Lipinski definition) is 8. The summed E-state index contributed by atoms with van der Waals surface area (Å²) < 4.78 is 22.1. The zero-order valence-electron chi connectivity index (χ0n) is 27.2. The molecule has 4 aromatic carbocycles. The largest absolute Gasteiger partial charge is 0.514 e. The van der Waals surface area contributed by atoms with Gasteiger partial charge in [-0.15, -0.1) is 0 Å². The van der Waals surface area contributed by atoms with E-state index in [1.54, 1.807) is 32.9 Å². The molecule has 1 atom stereocenters. The van der Waals surface area contributed by atoms with Crippen LogP contribution >= 0.6 is 15.9 Å². The Kier molecular flexibility index (Phi) is 11.2. The third-order valence-electron chi connectivity index (χ3n) is 7.51. The van der Waals surface area contributed by atoms with E-state index in [0.29, 0.717) is 5.56 Å². The fourth-order valence-corrected chi connectivity index (χ4v) is 5.70. The van der Waals surface area contributed by atoms with Gasteiger partial charge in [0.2, 0.25) is 0 Å². The van der Waals surface area contributed by atoms with Crippen LogP contribution in [-0.4, -0.2) is 42.5 Å². The summed E-state index contributed by atoms with van der Waals surface area (Å²) in [5, 5.41) is 2.55. The highest BCUT2D eigenvalue weighted by atomic mass is 79.9. The van der Waals surface area contributed by atoms with Crippen LogP contribution in [0.2, 0.25) is 0 Å². The molecule has 5 rings (SSSR count). The zero-order chi connectivity index (χ0) is 35.0. The molecule has 12 heteroatoms. The molecule has 1 aliphatic carbocycles. The molecule has 0 heterocycles. The van der Waals surface area contributed by atoms with Crippen LogP contribution in [0, 0.1) is 0 Å². The van der Waals surface area contributed by atoms with Crippen molar-refractivity contribution in [3.05, 3.63) is 124 Å². The predicted octanol–water partition coefficient (Wildman–Crippen LogP) is 7.17. The second-order valence-corrected chi connectivity index (χ2v) is 13.1. The van der Waals surface area contributed by atoms with Crippen LogP contribution in [-0.2, 0) is 32.0 Å². The summed E-state index contributed by atoms with van der Waals surface area (Å²) in [4.78, 5) is 50.7. The highest BCUT2D eigenvalue weighted by Crippen LogP contribution is 2.44. The van der Waals surface area contributed by atoms with Crippen molar-refractivity contribution >= 4 is 40.2 Å². The van der Waals surface area contributed by atoms with Gasteiger partial charge in [0.15, 0.2) is 0 Å². The Labute approximate surface area is 292 Å². The van der Waals surface area contributed by atoms with E-state index in [-0.39, 0.29) is 31.3 Å². The SMILES string of the molecule is CC(C)(C)OC(=O)NC(Cc1ccc(OC(=O)OCc2ccccc2Br)cc1)C(=O)NNC(=O)OCC1c2ccccc2-c2ccccc21. The van der Waals surface area contributed by atoms with Crippen LogP contribution in [0.15, 0.2) is 102 Å². The zero-order valence-corrected chi connectivity index (χ0v) is 28.7. The molecule has 0 saturated heterocycles. The van der Waals surface area contributed by atoms with Crippen molar-refractivity contribution in [1.29, 1.82) is 0 Å². The van der Waals surface area contributed by atoms with E-state index >= 15 is 0 Å². The number of amides is 3. The lowest BCUT2D eigenvalue weighted by Crippen LogP contribution is -2.54. The number of alkyl carbamates (subject to hydrolysis) is 1. The minimum atomic E-state index is -1.15. The summed E-state index contributed by atoms with van der Waals surface area (Å²) in [7, 11) is 0. The maximum Gasteiger partial charge on any atom is 0.514 e. The van der Waals surface area contributed by atoms with Crippen molar-refractivity contribution in [3.63, 3.8) is 0 Å².